The van der Waals surface area contributed by atoms with Crippen LogP contribution in [-0.4, -0.2) is 0 Å². The van der Waals surface area contributed by atoms with Crippen molar-refractivity contribution in [1.29, 1.82) is 0 Å². The fourth-order valence-electron chi connectivity index (χ4n) is 2.32. The largest absolute Gasteiger partial charge is 0.0625 e. The van der Waals surface area contributed by atoms with E-state index in [1.807, 2.05) is 0 Å². The zero-order chi connectivity index (χ0) is 10.7. The third-order valence-corrected chi connectivity index (χ3v) is 4.22. The average Bonchev–Trinajstić information content (AvgIpc) is 2.78. The molecule has 0 aromatic rings. The van der Waals surface area contributed by atoms with Crippen molar-refractivity contribution in [2.24, 2.45) is 29.6 Å². The molecule has 0 amide bonds. The molecule has 0 heteroatoms. The highest BCUT2D eigenvalue weighted by Crippen LogP contribution is 2.42. The van der Waals surface area contributed by atoms with E-state index in [1.54, 1.807) is 0 Å². The van der Waals surface area contributed by atoms with Crippen LogP contribution in [0.25, 0.3) is 0 Å². The summed E-state index contributed by atoms with van der Waals surface area (Å²) in [5.74, 6) is 4.84. The molecule has 1 aliphatic carbocycles. The standard InChI is InChI=1S/C14H28/c1-10(2)12(4)8-11(3)6-7-14-9-13(14)5/h10-14H,6-9H2,1-5H3. The molecule has 0 aliphatic heterocycles. The summed E-state index contributed by atoms with van der Waals surface area (Å²) in [6, 6.07) is 0. The minimum Gasteiger partial charge on any atom is -0.0625 e. The molecule has 0 nitrogen and oxygen atoms in total. The molecule has 4 atom stereocenters. The fraction of sp³-hybridized carbons (Fsp3) is 1.00. The van der Waals surface area contributed by atoms with Crippen molar-refractivity contribution in [3.8, 4) is 0 Å². The SMILES string of the molecule is CC(CCC1CC1C)CC(C)C(C)C. The van der Waals surface area contributed by atoms with E-state index < -0.39 is 0 Å². The monoisotopic (exact) mass is 196 g/mol. The van der Waals surface area contributed by atoms with Gasteiger partial charge in [-0.2, -0.15) is 0 Å². The zero-order valence-corrected chi connectivity index (χ0v) is 10.7. The van der Waals surface area contributed by atoms with E-state index in [9.17, 15) is 0 Å². The lowest BCUT2D eigenvalue weighted by Gasteiger charge is -2.20. The van der Waals surface area contributed by atoms with Crippen molar-refractivity contribution in [2.45, 2.75) is 60.3 Å². The minimum atomic E-state index is 0.859. The predicted molar refractivity (Wildman–Crippen MR) is 64.3 cm³/mol. The third-order valence-electron chi connectivity index (χ3n) is 4.22. The molecule has 1 fully saturated rings. The Balaban J connectivity index is 2.06. The van der Waals surface area contributed by atoms with Gasteiger partial charge in [-0.15, -0.1) is 0 Å². The van der Waals surface area contributed by atoms with Gasteiger partial charge >= 0.3 is 0 Å². The lowest BCUT2D eigenvalue weighted by atomic mass is 9.86. The molecule has 84 valence electrons. The van der Waals surface area contributed by atoms with Crippen LogP contribution in [0.3, 0.4) is 0 Å². The summed E-state index contributed by atoms with van der Waals surface area (Å²) in [6.45, 7) is 11.9. The molecule has 0 aromatic carbocycles. The van der Waals surface area contributed by atoms with E-state index in [0.717, 1.165) is 29.6 Å². The second-order valence-electron chi connectivity index (χ2n) is 6.11. The van der Waals surface area contributed by atoms with Gasteiger partial charge in [0.2, 0.25) is 0 Å². The molecule has 1 aliphatic rings. The molecule has 1 rings (SSSR count). The van der Waals surface area contributed by atoms with Crippen molar-refractivity contribution in [3.63, 3.8) is 0 Å². The first-order chi connectivity index (χ1) is 6.50. The van der Waals surface area contributed by atoms with E-state index in [1.165, 1.54) is 25.7 Å². The van der Waals surface area contributed by atoms with Crippen molar-refractivity contribution in [3.05, 3.63) is 0 Å². The van der Waals surface area contributed by atoms with Crippen LogP contribution in [0.15, 0.2) is 0 Å². The maximum Gasteiger partial charge on any atom is -0.0386 e. The number of hydrogen-bond donors (Lipinski definition) is 0. The van der Waals surface area contributed by atoms with Crippen LogP contribution >= 0.6 is 0 Å². The van der Waals surface area contributed by atoms with Gasteiger partial charge in [-0.1, -0.05) is 41.0 Å². The van der Waals surface area contributed by atoms with E-state index in [2.05, 4.69) is 34.6 Å². The molecule has 0 aromatic heterocycles. The van der Waals surface area contributed by atoms with Gasteiger partial charge in [0.25, 0.3) is 0 Å². The molecule has 0 spiro atoms. The fourth-order valence-corrected chi connectivity index (χ4v) is 2.32. The first-order valence-corrected chi connectivity index (χ1v) is 6.50. The van der Waals surface area contributed by atoms with E-state index >= 15 is 0 Å². The average molecular weight is 196 g/mol. The van der Waals surface area contributed by atoms with E-state index in [0.29, 0.717) is 0 Å². The first-order valence-electron chi connectivity index (χ1n) is 6.50. The van der Waals surface area contributed by atoms with Crippen LogP contribution in [0.1, 0.15) is 60.3 Å². The highest BCUT2D eigenvalue weighted by molar-refractivity contribution is 4.82. The van der Waals surface area contributed by atoms with Gasteiger partial charge in [-0.05, 0) is 48.9 Å². The smallest absolute Gasteiger partial charge is 0.0386 e. The van der Waals surface area contributed by atoms with Gasteiger partial charge in [-0.25, -0.2) is 0 Å². The predicted octanol–water partition coefficient (Wildman–Crippen LogP) is 4.74. The molecule has 0 radical (unpaired) electrons. The van der Waals surface area contributed by atoms with Gasteiger partial charge in [0.1, 0.15) is 0 Å². The maximum absolute atomic E-state index is 2.44. The second-order valence-corrected chi connectivity index (χ2v) is 6.11. The minimum absolute atomic E-state index is 0.859. The molecular formula is C14H28. The quantitative estimate of drug-likeness (QED) is 0.575. The lowest BCUT2D eigenvalue weighted by Crippen LogP contribution is -2.09. The lowest BCUT2D eigenvalue weighted by molar-refractivity contribution is 0.314. The summed E-state index contributed by atoms with van der Waals surface area (Å²) in [6.07, 6.45) is 5.89. The van der Waals surface area contributed by atoms with Crippen molar-refractivity contribution >= 4 is 0 Å². The Hall–Kier alpha value is 0. The molecule has 0 bridgehead atoms. The Morgan fingerprint density at radius 1 is 1.14 bits per heavy atom. The van der Waals surface area contributed by atoms with Crippen molar-refractivity contribution in [2.75, 3.05) is 0 Å². The molecule has 1 saturated carbocycles. The Kier molecular flexibility index (Phi) is 4.47. The highest BCUT2D eigenvalue weighted by atomic mass is 14.4. The highest BCUT2D eigenvalue weighted by Gasteiger charge is 2.31. The van der Waals surface area contributed by atoms with Crippen molar-refractivity contribution in [1.82, 2.24) is 0 Å². The summed E-state index contributed by atoms with van der Waals surface area (Å²) >= 11 is 0. The van der Waals surface area contributed by atoms with Crippen LogP contribution < -0.4 is 0 Å². The Labute approximate surface area is 90.5 Å². The van der Waals surface area contributed by atoms with E-state index in [-0.39, 0.29) is 0 Å². The third kappa shape index (κ3) is 4.02. The van der Waals surface area contributed by atoms with Gasteiger partial charge in [0, 0.05) is 0 Å². The molecule has 0 N–H and O–H groups in total. The maximum atomic E-state index is 2.44. The summed E-state index contributed by atoms with van der Waals surface area (Å²) in [5, 5.41) is 0. The van der Waals surface area contributed by atoms with Crippen LogP contribution in [0.4, 0.5) is 0 Å². The zero-order valence-electron chi connectivity index (χ0n) is 10.7. The van der Waals surface area contributed by atoms with Crippen LogP contribution in [-0.2, 0) is 0 Å². The molecular weight excluding hydrogens is 168 g/mol. The number of hydrogen-bond acceptors (Lipinski definition) is 0. The summed E-state index contributed by atoms with van der Waals surface area (Å²) in [4.78, 5) is 0. The molecule has 14 heavy (non-hydrogen) atoms. The molecule has 0 heterocycles. The van der Waals surface area contributed by atoms with Gasteiger partial charge < -0.3 is 0 Å². The molecule has 0 saturated heterocycles. The van der Waals surface area contributed by atoms with Crippen LogP contribution in [0.5, 0.6) is 0 Å². The van der Waals surface area contributed by atoms with E-state index in [4.69, 9.17) is 0 Å². The van der Waals surface area contributed by atoms with Crippen molar-refractivity contribution < 1.29 is 0 Å². The summed E-state index contributed by atoms with van der Waals surface area (Å²) in [7, 11) is 0. The van der Waals surface area contributed by atoms with Crippen LogP contribution in [0, 0.1) is 29.6 Å². The normalized spacial score (nSPS) is 30.4. The summed E-state index contributed by atoms with van der Waals surface area (Å²) in [5.41, 5.74) is 0. The summed E-state index contributed by atoms with van der Waals surface area (Å²) < 4.78 is 0. The van der Waals surface area contributed by atoms with Gasteiger partial charge in [0.15, 0.2) is 0 Å². The Morgan fingerprint density at radius 2 is 1.71 bits per heavy atom. The van der Waals surface area contributed by atoms with Gasteiger partial charge in [-0.3, -0.25) is 0 Å². The first kappa shape index (κ1) is 12.1. The Bertz CT molecular complexity index is 159. The molecule has 4 unspecified atom stereocenters. The second kappa shape index (κ2) is 5.19. The topological polar surface area (TPSA) is 0 Å². The van der Waals surface area contributed by atoms with Crippen LogP contribution in [0.2, 0.25) is 0 Å². The number of rotatable bonds is 6. The Morgan fingerprint density at radius 3 is 2.14 bits per heavy atom. The van der Waals surface area contributed by atoms with Gasteiger partial charge in [0.05, 0.1) is 0 Å².